The highest BCUT2D eigenvalue weighted by Gasteiger charge is 2.25. The van der Waals surface area contributed by atoms with Crippen LogP contribution in [0.25, 0.3) is 10.9 Å². The van der Waals surface area contributed by atoms with Crippen LogP contribution in [0.2, 0.25) is 5.02 Å². The van der Waals surface area contributed by atoms with Crippen molar-refractivity contribution in [3.05, 3.63) is 89.0 Å². The number of phenolic OH excluding ortho intramolecular Hbond substituents is 1. The van der Waals surface area contributed by atoms with E-state index in [4.69, 9.17) is 20.8 Å². The fourth-order valence-corrected chi connectivity index (χ4v) is 3.41. The second-order valence-corrected chi connectivity index (χ2v) is 6.75. The summed E-state index contributed by atoms with van der Waals surface area (Å²) in [5.74, 6) is 0.690. The van der Waals surface area contributed by atoms with Crippen LogP contribution < -0.4 is 10.1 Å². The number of nitrogens with zero attached hydrogens (tertiary/aromatic N) is 1. The predicted molar refractivity (Wildman–Crippen MR) is 109 cm³/mol. The number of rotatable bonds is 5. The minimum absolute atomic E-state index is 0.0681. The Bertz CT molecular complexity index is 1160. The fraction of sp³-hybridized carbons (Fsp3) is 0.0909. The lowest BCUT2D eigenvalue weighted by Gasteiger charge is -2.20. The number of ether oxygens (including phenoxy) is 1. The molecule has 0 radical (unpaired) electrons. The summed E-state index contributed by atoms with van der Waals surface area (Å²) >= 11 is 6.42. The Morgan fingerprint density at radius 3 is 2.69 bits per heavy atom. The van der Waals surface area contributed by atoms with E-state index in [-0.39, 0.29) is 11.7 Å². The van der Waals surface area contributed by atoms with Crippen LogP contribution in [0, 0.1) is 0 Å². The number of pyridine rings is 1. The molecule has 2 N–H and O–H groups in total. The standard InChI is InChI=1S/C22H17ClN2O4/c1-28-14-8-6-13(7-9-14)22(27)25-19(18-5-3-11-29-18)16-12-17(23)15-4-2-10-24-20(15)21(16)26/h2-12,19,26H,1H3,(H,25,27). The molecular formula is C22H17ClN2O4. The van der Waals surface area contributed by atoms with Gasteiger partial charge in [0.1, 0.15) is 28.8 Å². The number of halogens is 1. The smallest absolute Gasteiger partial charge is 0.252 e. The van der Waals surface area contributed by atoms with Crippen LogP contribution in [0.4, 0.5) is 0 Å². The normalized spacial score (nSPS) is 11.9. The number of phenols is 1. The van der Waals surface area contributed by atoms with Crippen molar-refractivity contribution >= 4 is 28.4 Å². The molecular weight excluding hydrogens is 392 g/mol. The highest BCUT2D eigenvalue weighted by molar-refractivity contribution is 6.35. The van der Waals surface area contributed by atoms with Gasteiger partial charge in [0, 0.05) is 22.7 Å². The van der Waals surface area contributed by atoms with Crippen LogP contribution in [-0.2, 0) is 0 Å². The van der Waals surface area contributed by atoms with E-state index >= 15 is 0 Å². The van der Waals surface area contributed by atoms with Gasteiger partial charge in [0.15, 0.2) is 0 Å². The van der Waals surface area contributed by atoms with Crippen LogP contribution in [-0.4, -0.2) is 23.1 Å². The lowest BCUT2D eigenvalue weighted by Crippen LogP contribution is -2.29. The Kier molecular flexibility index (Phi) is 5.10. The van der Waals surface area contributed by atoms with E-state index in [1.165, 1.54) is 6.26 Å². The molecule has 7 heteroatoms. The minimum atomic E-state index is -0.761. The highest BCUT2D eigenvalue weighted by Crippen LogP contribution is 2.38. The average molecular weight is 409 g/mol. The molecule has 1 atom stereocenters. The van der Waals surface area contributed by atoms with Gasteiger partial charge in [-0.1, -0.05) is 11.6 Å². The van der Waals surface area contributed by atoms with Crippen LogP contribution in [0.3, 0.4) is 0 Å². The van der Waals surface area contributed by atoms with Gasteiger partial charge in [-0.15, -0.1) is 0 Å². The van der Waals surface area contributed by atoms with E-state index in [0.717, 1.165) is 0 Å². The zero-order valence-electron chi connectivity index (χ0n) is 15.4. The number of carbonyl (C=O) groups excluding carboxylic acids is 1. The summed E-state index contributed by atoms with van der Waals surface area (Å²) in [5.41, 5.74) is 1.18. The number of hydrogen-bond donors (Lipinski definition) is 2. The first-order chi connectivity index (χ1) is 14.1. The van der Waals surface area contributed by atoms with Crippen LogP contribution in [0.5, 0.6) is 11.5 Å². The molecule has 0 saturated heterocycles. The van der Waals surface area contributed by atoms with Crippen LogP contribution >= 0.6 is 11.6 Å². The third-order valence-electron chi connectivity index (χ3n) is 4.61. The second kappa shape index (κ2) is 7.85. The fourth-order valence-electron chi connectivity index (χ4n) is 3.14. The molecule has 2 aromatic heterocycles. The first kappa shape index (κ1) is 18.8. The minimum Gasteiger partial charge on any atom is -0.505 e. The molecule has 0 aliphatic heterocycles. The summed E-state index contributed by atoms with van der Waals surface area (Å²) in [6.07, 6.45) is 3.07. The lowest BCUT2D eigenvalue weighted by atomic mass is 10.00. The van der Waals surface area contributed by atoms with Crippen molar-refractivity contribution in [3.8, 4) is 11.5 Å². The molecule has 0 spiro atoms. The van der Waals surface area contributed by atoms with E-state index in [1.54, 1.807) is 67.9 Å². The molecule has 0 bridgehead atoms. The average Bonchev–Trinajstić information content (AvgIpc) is 3.29. The van der Waals surface area contributed by atoms with Gasteiger partial charge in [0.05, 0.1) is 18.4 Å². The van der Waals surface area contributed by atoms with Crippen molar-refractivity contribution in [2.45, 2.75) is 6.04 Å². The molecule has 146 valence electrons. The molecule has 2 aromatic carbocycles. The number of amides is 1. The molecule has 29 heavy (non-hydrogen) atoms. The summed E-state index contributed by atoms with van der Waals surface area (Å²) in [5, 5.41) is 14.8. The first-order valence-corrected chi connectivity index (χ1v) is 9.20. The van der Waals surface area contributed by atoms with E-state index in [2.05, 4.69) is 10.3 Å². The molecule has 1 amide bonds. The Balaban J connectivity index is 1.76. The number of furan rings is 1. The summed E-state index contributed by atoms with van der Waals surface area (Å²) in [6.45, 7) is 0. The lowest BCUT2D eigenvalue weighted by molar-refractivity contribution is 0.0938. The van der Waals surface area contributed by atoms with Gasteiger partial charge in [0.2, 0.25) is 0 Å². The van der Waals surface area contributed by atoms with E-state index in [9.17, 15) is 9.90 Å². The van der Waals surface area contributed by atoms with E-state index in [1.807, 2.05) is 0 Å². The van der Waals surface area contributed by atoms with Gasteiger partial charge < -0.3 is 19.6 Å². The topological polar surface area (TPSA) is 84.6 Å². The van der Waals surface area contributed by atoms with Gasteiger partial charge in [0.25, 0.3) is 5.91 Å². The SMILES string of the molecule is COc1ccc(C(=O)NC(c2ccco2)c2cc(Cl)c3cccnc3c2O)cc1. The molecule has 1 unspecified atom stereocenters. The molecule has 0 fully saturated rings. The van der Waals surface area contributed by atoms with Gasteiger partial charge >= 0.3 is 0 Å². The zero-order valence-corrected chi connectivity index (χ0v) is 16.2. The number of benzene rings is 2. The van der Waals surface area contributed by atoms with Crippen molar-refractivity contribution in [1.29, 1.82) is 0 Å². The molecule has 0 saturated carbocycles. The number of aromatic hydroxyl groups is 1. The Hall–Kier alpha value is -3.51. The number of aromatic nitrogens is 1. The van der Waals surface area contributed by atoms with Gasteiger partial charge in [-0.2, -0.15) is 0 Å². The first-order valence-electron chi connectivity index (χ1n) is 8.83. The van der Waals surface area contributed by atoms with Gasteiger partial charge in [-0.05, 0) is 54.6 Å². The second-order valence-electron chi connectivity index (χ2n) is 6.35. The van der Waals surface area contributed by atoms with Crippen LogP contribution in [0.15, 0.2) is 71.5 Å². The Morgan fingerprint density at radius 1 is 1.21 bits per heavy atom. The summed E-state index contributed by atoms with van der Waals surface area (Å²) < 4.78 is 10.6. The highest BCUT2D eigenvalue weighted by atomic mass is 35.5. The number of hydrogen-bond acceptors (Lipinski definition) is 5. The van der Waals surface area contributed by atoms with Crippen molar-refractivity contribution in [1.82, 2.24) is 10.3 Å². The van der Waals surface area contributed by atoms with E-state index in [0.29, 0.717) is 38.6 Å². The van der Waals surface area contributed by atoms with Crippen LogP contribution in [0.1, 0.15) is 27.7 Å². The third-order valence-corrected chi connectivity index (χ3v) is 4.92. The summed E-state index contributed by atoms with van der Waals surface area (Å²) in [6, 6.07) is 14.5. The van der Waals surface area contributed by atoms with E-state index < -0.39 is 6.04 Å². The number of nitrogens with one attached hydrogen (secondary N) is 1. The van der Waals surface area contributed by atoms with Crippen molar-refractivity contribution in [3.63, 3.8) is 0 Å². The summed E-state index contributed by atoms with van der Waals surface area (Å²) in [7, 11) is 1.56. The molecule has 4 aromatic rings. The van der Waals surface area contributed by atoms with Gasteiger partial charge in [-0.25, -0.2) is 0 Å². The number of carbonyl (C=O) groups is 1. The Morgan fingerprint density at radius 2 is 2.00 bits per heavy atom. The maximum atomic E-state index is 12.9. The zero-order chi connectivity index (χ0) is 20.4. The van der Waals surface area contributed by atoms with Crippen molar-refractivity contribution < 1.29 is 19.1 Å². The maximum Gasteiger partial charge on any atom is 0.252 e. The third kappa shape index (κ3) is 3.62. The largest absolute Gasteiger partial charge is 0.505 e. The molecule has 6 nitrogen and oxygen atoms in total. The van der Waals surface area contributed by atoms with Crippen molar-refractivity contribution in [2.75, 3.05) is 7.11 Å². The molecule has 4 rings (SSSR count). The van der Waals surface area contributed by atoms with Gasteiger partial charge in [-0.3, -0.25) is 9.78 Å². The molecule has 0 aliphatic carbocycles. The monoisotopic (exact) mass is 408 g/mol. The van der Waals surface area contributed by atoms with Crippen molar-refractivity contribution in [2.24, 2.45) is 0 Å². The molecule has 2 heterocycles. The molecule has 0 aliphatic rings. The quantitative estimate of drug-likeness (QED) is 0.499. The number of methoxy groups -OCH3 is 1. The predicted octanol–water partition coefficient (Wildman–Crippen LogP) is 4.71. The Labute approximate surface area is 171 Å². The number of fused-ring (bicyclic) bond motifs is 1. The maximum absolute atomic E-state index is 12.9. The summed E-state index contributed by atoms with van der Waals surface area (Å²) in [4.78, 5) is 17.1.